The summed E-state index contributed by atoms with van der Waals surface area (Å²) in [7, 11) is 0. The molecule has 0 radical (unpaired) electrons. The largest absolute Gasteiger partial charge is 0.294 e. The van der Waals surface area contributed by atoms with E-state index in [0.717, 1.165) is 18.1 Å². The summed E-state index contributed by atoms with van der Waals surface area (Å²) in [6.07, 6.45) is 1.07. The predicted molar refractivity (Wildman–Crippen MR) is 68.2 cm³/mol. The summed E-state index contributed by atoms with van der Waals surface area (Å²) in [5.74, 6) is -2.22. The van der Waals surface area contributed by atoms with Crippen molar-refractivity contribution in [1.82, 2.24) is 0 Å². The minimum Gasteiger partial charge on any atom is -0.294 e. The Bertz CT molecular complexity index is 649. The smallest absolute Gasteiger partial charge is 0.169 e. The molecule has 0 fully saturated rings. The van der Waals surface area contributed by atoms with Gasteiger partial charge in [0.2, 0.25) is 0 Å². The van der Waals surface area contributed by atoms with E-state index in [4.69, 9.17) is 0 Å². The standard InChI is InChI=1S/C16H12F2O/c17-14-7-3-6-13(16(14)18)15(19)9-11-8-10-4-1-2-5-12(10)11/h1-7,11H,8-9H2. The Kier molecular flexibility index (Phi) is 2.90. The molecule has 19 heavy (non-hydrogen) atoms. The lowest BCUT2D eigenvalue weighted by Crippen LogP contribution is -2.20. The second kappa shape index (κ2) is 4.57. The number of ketones is 1. The minimum absolute atomic E-state index is 0.131. The van der Waals surface area contributed by atoms with Crippen LogP contribution < -0.4 is 0 Å². The highest BCUT2D eigenvalue weighted by Gasteiger charge is 2.28. The van der Waals surface area contributed by atoms with Crippen molar-refractivity contribution in [3.8, 4) is 0 Å². The molecule has 1 nitrogen and oxygen atoms in total. The molecule has 0 aliphatic heterocycles. The van der Waals surface area contributed by atoms with E-state index in [1.807, 2.05) is 24.3 Å². The summed E-state index contributed by atoms with van der Waals surface area (Å²) in [6.45, 7) is 0. The zero-order valence-electron chi connectivity index (χ0n) is 10.2. The van der Waals surface area contributed by atoms with E-state index in [1.54, 1.807) is 0 Å². The van der Waals surface area contributed by atoms with Gasteiger partial charge in [-0.1, -0.05) is 30.3 Å². The fourth-order valence-corrected chi connectivity index (χ4v) is 2.60. The minimum atomic E-state index is -1.04. The summed E-state index contributed by atoms with van der Waals surface area (Å²) < 4.78 is 26.6. The lowest BCUT2D eigenvalue weighted by molar-refractivity contribution is 0.0965. The topological polar surface area (TPSA) is 17.1 Å². The van der Waals surface area contributed by atoms with E-state index in [9.17, 15) is 13.6 Å². The third kappa shape index (κ3) is 2.05. The van der Waals surface area contributed by atoms with Crippen molar-refractivity contribution in [2.24, 2.45) is 0 Å². The third-order valence-corrected chi connectivity index (χ3v) is 3.65. The Morgan fingerprint density at radius 1 is 1.11 bits per heavy atom. The number of rotatable bonds is 3. The Labute approximate surface area is 109 Å². The average molecular weight is 258 g/mol. The molecule has 1 aliphatic carbocycles. The van der Waals surface area contributed by atoms with Gasteiger partial charge in [-0.15, -0.1) is 0 Å². The Morgan fingerprint density at radius 3 is 2.68 bits per heavy atom. The van der Waals surface area contributed by atoms with E-state index < -0.39 is 11.6 Å². The summed E-state index contributed by atoms with van der Waals surface area (Å²) in [4.78, 5) is 12.0. The van der Waals surface area contributed by atoms with Crippen LogP contribution in [0.4, 0.5) is 8.78 Å². The predicted octanol–water partition coefficient (Wildman–Crippen LogP) is 3.88. The van der Waals surface area contributed by atoms with Gasteiger partial charge in [-0.25, -0.2) is 8.78 Å². The third-order valence-electron chi connectivity index (χ3n) is 3.65. The number of hydrogen-bond acceptors (Lipinski definition) is 1. The average Bonchev–Trinajstić information content (AvgIpc) is 2.39. The van der Waals surface area contributed by atoms with Crippen LogP contribution in [0.25, 0.3) is 0 Å². The Hall–Kier alpha value is -2.03. The molecule has 0 bridgehead atoms. The highest BCUT2D eigenvalue weighted by molar-refractivity contribution is 5.97. The molecule has 0 heterocycles. The van der Waals surface area contributed by atoms with Gasteiger partial charge in [0.1, 0.15) is 0 Å². The maximum atomic E-state index is 13.5. The first kappa shape index (κ1) is 12.0. The number of Topliss-reactive ketones (excluding diaryl/α,β-unsaturated/α-hetero) is 1. The van der Waals surface area contributed by atoms with E-state index in [0.29, 0.717) is 0 Å². The Balaban J connectivity index is 1.79. The molecule has 1 aliphatic rings. The van der Waals surface area contributed by atoms with Crippen molar-refractivity contribution < 1.29 is 13.6 Å². The van der Waals surface area contributed by atoms with Crippen LogP contribution in [0, 0.1) is 11.6 Å². The van der Waals surface area contributed by atoms with Gasteiger partial charge in [-0.3, -0.25) is 4.79 Å². The molecular formula is C16H12F2O. The monoisotopic (exact) mass is 258 g/mol. The fourth-order valence-electron chi connectivity index (χ4n) is 2.60. The van der Waals surface area contributed by atoms with Crippen molar-refractivity contribution in [2.45, 2.75) is 18.8 Å². The van der Waals surface area contributed by atoms with Gasteiger partial charge >= 0.3 is 0 Å². The number of carbonyl (C=O) groups excluding carboxylic acids is 1. The molecular weight excluding hydrogens is 246 g/mol. The summed E-state index contributed by atoms with van der Waals surface area (Å²) >= 11 is 0. The summed E-state index contributed by atoms with van der Waals surface area (Å²) in [5.41, 5.74) is 2.23. The SMILES string of the molecule is O=C(CC1Cc2ccccc21)c1cccc(F)c1F. The first-order valence-electron chi connectivity index (χ1n) is 6.22. The summed E-state index contributed by atoms with van der Waals surface area (Å²) in [5, 5.41) is 0. The van der Waals surface area contributed by atoms with Crippen LogP contribution in [-0.4, -0.2) is 5.78 Å². The number of benzene rings is 2. The zero-order chi connectivity index (χ0) is 13.4. The van der Waals surface area contributed by atoms with Gasteiger partial charge in [0.15, 0.2) is 17.4 Å². The van der Waals surface area contributed by atoms with Gasteiger partial charge in [0.25, 0.3) is 0 Å². The van der Waals surface area contributed by atoms with E-state index in [2.05, 4.69) is 0 Å². The highest BCUT2D eigenvalue weighted by Crippen LogP contribution is 2.38. The molecule has 0 saturated carbocycles. The number of fused-ring (bicyclic) bond motifs is 1. The molecule has 3 heteroatoms. The normalized spacial score (nSPS) is 16.6. The number of carbonyl (C=O) groups is 1. The van der Waals surface area contributed by atoms with Crippen LogP contribution in [-0.2, 0) is 6.42 Å². The molecule has 0 aromatic heterocycles. The van der Waals surface area contributed by atoms with Gasteiger partial charge in [-0.05, 0) is 35.6 Å². The fraction of sp³-hybridized carbons (Fsp3) is 0.188. The molecule has 0 amide bonds. The second-order valence-electron chi connectivity index (χ2n) is 4.83. The Morgan fingerprint density at radius 2 is 1.89 bits per heavy atom. The second-order valence-corrected chi connectivity index (χ2v) is 4.83. The molecule has 3 rings (SSSR count). The van der Waals surface area contributed by atoms with Crippen molar-refractivity contribution in [3.63, 3.8) is 0 Å². The molecule has 2 aromatic rings. The molecule has 0 saturated heterocycles. The van der Waals surface area contributed by atoms with Crippen LogP contribution in [0.2, 0.25) is 0 Å². The van der Waals surface area contributed by atoms with Crippen molar-refractivity contribution >= 4 is 5.78 Å². The molecule has 0 N–H and O–H groups in total. The quantitative estimate of drug-likeness (QED) is 0.764. The van der Waals surface area contributed by atoms with Gasteiger partial charge in [-0.2, -0.15) is 0 Å². The van der Waals surface area contributed by atoms with Crippen LogP contribution in [0.5, 0.6) is 0 Å². The van der Waals surface area contributed by atoms with E-state index in [-0.39, 0.29) is 23.7 Å². The highest BCUT2D eigenvalue weighted by atomic mass is 19.2. The first-order chi connectivity index (χ1) is 9.16. The molecule has 0 spiro atoms. The maximum Gasteiger partial charge on any atom is 0.169 e. The van der Waals surface area contributed by atoms with E-state index >= 15 is 0 Å². The van der Waals surface area contributed by atoms with Crippen LogP contribution in [0.3, 0.4) is 0 Å². The van der Waals surface area contributed by atoms with Gasteiger partial charge in [0.05, 0.1) is 5.56 Å². The van der Waals surface area contributed by atoms with Crippen molar-refractivity contribution in [2.75, 3.05) is 0 Å². The molecule has 2 aromatic carbocycles. The van der Waals surface area contributed by atoms with Gasteiger partial charge in [0, 0.05) is 6.42 Å². The molecule has 1 atom stereocenters. The lowest BCUT2D eigenvalue weighted by atomic mass is 9.74. The molecule has 1 unspecified atom stereocenters. The zero-order valence-corrected chi connectivity index (χ0v) is 10.2. The first-order valence-corrected chi connectivity index (χ1v) is 6.22. The van der Waals surface area contributed by atoms with Crippen LogP contribution in [0.15, 0.2) is 42.5 Å². The van der Waals surface area contributed by atoms with Crippen LogP contribution in [0.1, 0.15) is 33.8 Å². The molecule has 96 valence electrons. The van der Waals surface area contributed by atoms with E-state index in [1.165, 1.54) is 17.7 Å². The maximum absolute atomic E-state index is 13.5. The number of halogens is 2. The van der Waals surface area contributed by atoms with Crippen molar-refractivity contribution in [3.05, 3.63) is 70.8 Å². The lowest BCUT2D eigenvalue weighted by Gasteiger charge is -2.29. The van der Waals surface area contributed by atoms with Crippen molar-refractivity contribution in [1.29, 1.82) is 0 Å². The van der Waals surface area contributed by atoms with Gasteiger partial charge < -0.3 is 0 Å². The number of hydrogen-bond donors (Lipinski definition) is 0. The van der Waals surface area contributed by atoms with Crippen LogP contribution >= 0.6 is 0 Å². The summed E-state index contributed by atoms with van der Waals surface area (Å²) in [6, 6.07) is 11.6.